The molecule has 1 aromatic carbocycles. The zero-order valence-corrected chi connectivity index (χ0v) is 10.4. The van der Waals surface area contributed by atoms with Crippen LogP contribution in [-0.4, -0.2) is 14.5 Å². The Balaban J connectivity index is 1.74. The van der Waals surface area contributed by atoms with Gasteiger partial charge in [0, 0.05) is 12.4 Å². The summed E-state index contributed by atoms with van der Waals surface area (Å²) in [6, 6.07) is 13.3. The molecule has 0 saturated carbocycles. The number of pyridine rings is 1. The molecule has 2 heterocycles. The van der Waals surface area contributed by atoms with Crippen molar-refractivity contribution in [2.45, 2.75) is 13.2 Å². The standard InChI is InChI=1S/C15H14N2O2/c18-10-12-4-3-5-14(8-12)19-11-13-9-17-7-2-1-6-15(17)16-13/h1-9,18H,10-11H2. The molecule has 0 aliphatic rings. The van der Waals surface area contributed by atoms with Crippen LogP contribution in [0.3, 0.4) is 0 Å². The Kier molecular flexibility index (Phi) is 3.16. The molecule has 0 unspecified atom stereocenters. The van der Waals surface area contributed by atoms with Crippen LogP contribution in [-0.2, 0) is 13.2 Å². The first-order valence-electron chi connectivity index (χ1n) is 6.10. The van der Waals surface area contributed by atoms with E-state index in [1.54, 1.807) is 0 Å². The summed E-state index contributed by atoms with van der Waals surface area (Å²) in [6.45, 7) is 0.433. The normalized spacial score (nSPS) is 10.8. The van der Waals surface area contributed by atoms with Crippen LogP contribution in [0.4, 0.5) is 0 Å². The topological polar surface area (TPSA) is 46.8 Å². The lowest BCUT2D eigenvalue weighted by atomic mass is 10.2. The third kappa shape index (κ3) is 2.58. The summed E-state index contributed by atoms with van der Waals surface area (Å²) in [7, 11) is 0. The molecule has 1 N–H and O–H groups in total. The average molecular weight is 254 g/mol. The molecule has 0 fully saturated rings. The van der Waals surface area contributed by atoms with Crippen molar-refractivity contribution in [3.8, 4) is 5.75 Å². The zero-order chi connectivity index (χ0) is 13.1. The summed E-state index contributed by atoms with van der Waals surface area (Å²) in [5.41, 5.74) is 2.62. The fraction of sp³-hybridized carbons (Fsp3) is 0.133. The van der Waals surface area contributed by atoms with Crippen molar-refractivity contribution in [2.24, 2.45) is 0 Å². The van der Waals surface area contributed by atoms with Gasteiger partial charge in [0.15, 0.2) is 0 Å². The number of nitrogens with zero attached hydrogens (tertiary/aromatic N) is 2. The number of hydrogen-bond donors (Lipinski definition) is 1. The van der Waals surface area contributed by atoms with Crippen LogP contribution < -0.4 is 4.74 Å². The van der Waals surface area contributed by atoms with E-state index in [1.165, 1.54) is 0 Å². The minimum absolute atomic E-state index is 0.0194. The van der Waals surface area contributed by atoms with Gasteiger partial charge in [0.2, 0.25) is 0 Å². The Morgan fingerprint density at radius 2 is 2.11 bits per heavy atom. The molecule has 0 aliphatic carbocycles. The molecule has 3 rings (SSSR count). The molecule has 0 amide bonds. The minimum Gasteiger partial charge on any atom is -0.487 e. The molecule has 96 valence electrons. The van der Waals surface area contributed by atoms with Gasteiger partial charge in [0.05, 0.1) is 12.3 Å². The Bertz CT molecular complexity index is 658. The lowest BCUT2D eigenvalue weighted by Gasteiger charge is -2.05. The van der Waals surface area contributed by atoms with Crippen molar-refractivity contribution >= 4 is 5.65 Å². The second-order valence-corrected chi connectivity index (χ2v) is 4.29. The number of rotatable bonds is 4. The number of imidazole rings is 1. The lowest BCUT2D eigenvalue weighted by molar-refractivity contribution is 0.277. The molecular weight excluding hydrogens is 240 g/mol. The van der Waals surface area contributed by atoms with Crippen LogP contribution in [0, 0.1) is 0 Å². The smallest absolute Gasteiger partial charge is 0.137 e. The highest BCUT2D eigenvalue weighted by atomic mass is 16.5. The van der Waals surface area contributed by atoms with Crippen LogP contribution in [0.5, 0.6) is 5.75 Å². The molecule has 19 heavy (non-hydrogen) atoms. The van der Waals surface area contributed by atoms with E-state index in [0.29, 0.717) is 6.61 Å². The van der Waals surface area contributed by atoms with Crippen LogP contribution in [0.15, 0.2) is 54.9 Å². The number of aliphatic hydroxyl groups is 1. The number of aromatic nitrogens is 2. The van der Waals surface area contributed by atoms with Gasteiger partial charge in [-0.15, -0.1) is 0 Å². The van der Waals surface area contributed by atoms with Crippen LogP contribution in [0.1, 0.15) is 11.3 Å². The number of aliphatic hydroxyl groups excluding tert-OH is 1. The highest BCUT2D eigenvalue weighted by Crippen LogP contribution is 2.15. The highest BCUT2D eigenvalue weighted by Gasteiger charge is 2.02. The zero-order valence-electron chi connectivity index (χ0n) is 10.4. The van der Waals surface area contributed by atoms with E-state index in [2.05, 4.69) is 4.98 Å². The van der Waals surface area contributed by atoms with Crippen LogP contribution in [0.2, 0.25) is 0 Å². The molecule has 0 saturated heterocycles. The van der Waals surface area contributed by atoms with Gasteiger partial charge in [-0.1, -0.05) is 18.2 Å². The molecule has 0 bridgehead atoms. The first kappa shape index (κ1) is 11.7. The van der Waals surface area contributed by atoms with Crippen molar-refractivity contribution < 1.29 is 9.84 Å². The Morgan fingerprint density at radius 3 is 2.95 bits per heavy atom. The van der Waals surface area contributed by atoms with Gasteiger partial charge in [-0.3, -0.25) is 0 Å². The van der Waals surface area contributed by atoms with Crippen molar-refractivity contribution in [3.05, 3.63) is 66.1 Å². The Hall–Kier alpha value is -2.33. The third-order valence-electron chi connectivity index (χ3n) is 2.88. The summed E-state index contributed by atoms with van der Waals surface area (Å²) in [5, 5.41) is 9.07. The third-order valence-corrected chi connectivity index (χ3v) is 2.88. The molecule has 4 heteroatoms. The summed E-state index contributed by atoms with van der Waals surface area (Å²) >= 11 is 0. The van der Waals surface area contributed by atoms with Crippen molar-refractivity contribution in [1.29, 1.82) is 0 Å². The molecule has 0 radical (unpaired) electrons. The summed E-state index contributed by atoms with van der Waals surface area (Å²) in [6.07, 6.45) is 3.91. The fourth-order valence-electron chi connectivity index (χ4n) is 1.95. The average Bonchev–Trinajstić information content (AvgIpc) is 2.88. The quantitative estimate of drug-likeness (QED) is 0.777. The molecule has 3 aromatic rings. The predicted molar refractivity (Wildman–Crippen MR) is 71.9 cm³/mol. The van der Waals surface area contributed by atoms with Gasteiger partial charge >= 0.3 is 0 Å². The molecule has 0 atom stereocenters. The van der Waals surface area contributed by atoms with Gasteiger partial charge in [0.1, 0.15) is 18.0 Å². The first-order chi connectivity index (χ1) is 9.35. The number of hydrogen-bond acceptors (Lipinski definition) is 3. The van der Waals surface area contributed by atoms with Crippen LogP contribution in [0.25, 0.3) is 5.65 Å². The van der Waals surface area contributed by atoms with E-state index in [9.17, 15) is 0 Å². The second-order valence-electron chi connectivity index (χ2n) is 4.29. The van der Waals surface area contributed by atoms with Gasteiger partial charge in [0.25, 0.3) is 0 Å². The van der Waals surface area contributed by atoms with E-state index in [1.807, 2.05) is 59.3 Å². The van der Waals surface area contributed by atoms with E-state index < -0.39 is 0 Å². The van der Waals surface area contributed by atoms with Crippen LogP contribution >= 0.6 is 0 Å². The van der Waals surface area contributed by atoms with Crippen molar-refractivity contribution in [2.75, 3.05) is 0 Å². The number of ether oxygens (including phenoxy) is 1. The van der Waals surface area contributed by atoms with Crippen molar-refractivity contribution in [3.63, 3.8) is 0 Å². The SMILES string of the molecule is OCc1cccc(OCc2cn3ccccc3n2)c1. The Morgan fingerprint density at radius 1 is 1.16 bits per heavy atom. The van der Waals surface area contributed by atoms with E-state index in [4.69, 9.17) is 9.84 Å². The molecule has 0 spiro atoms. The number of benzene rings is 1. The van der Waals surface area contributed by atoms with Crippen molar-refractivity contribution in [1.82, 2.24) is 9.38 Å². The van der Waals surface area contributed by atoms with E-state index >= 15 is 0 Å². The maximum Gasteiger partial charge on any atom is 0.137 e. The molecular formula is C15H14N2O2. The van der Waals surface area contributed by atoms with E-state index in [-0.39, 0.29) is 6.61 Å². The van der Waals surface area contributed by atoms with Gasteiger partial charge in [-0.25, -0.2) is 4.98 Å². The minimum atomic E-state index is 0.0194. The van der Waals surface area contributed by atoms with Gasteiger partial charge < -0.3 is 14.2 Å². The first-order valence-corrected chi connectivity index (χ1v) is 6.10. The second kappa shape index (κ2) is 5.12. The Labute approximate surface area is 110 Å². The van der Waals surface area contributed by atoms with E-state index in [0.717, 1.165) is 22.7 Å². The molecule has 0 aliphatic heterocycles. The molecule has 4 nitrogen and oxygen atoms in total. The summed E-state index contributed by atoms with van der Waals surface area (Å²) in [4.78, 5) is 4.46. The monoisotopic (exact) mass is 254 g/mol. The maximum absolute atomic E-state index is 9.07. The summed E-state index contributed by atoms with van der Waals surface area (Å²) < 4.78 is 7.64. The maximum atomic E-state index is 9.07. The summed E-state index contributed by atoms with van der Waals surface area (Å²) in [5.74, 6) is 0.739. The lowest BCUT2D eigenvalue weighted by Crippen LogP contribution is -1.96. The predicted octanol–water partition coefficient (Wildman–Crippen LogP) is 2.41. The molecule has 2 aromatic heterocycles. The highest BCUT2D eigenvalue weighted by molar-refractivity contribution is 5.39. The van der Waals surface area contributed by atoms with Gasteiger partial charge in [-0.2, -0.15) is 0 Å². The largest absolute Gasteiger partial charge is 0.487 e. The number of fused-ring (bicyclic) bond motifs is 1. The fourth-order valence-corrected chi connectivity index (χ4v) is 1.95. The van der Waals surface area contributed by atoms with Gasteiger partial charge in [-0.05, 0) is 29.8 Å².